The summed E-state index contributed by atoms with van der Waals surface area (Å²) in [6.07, 6.45) is 6.18. The number of nitrogens with zero attached hydrogens (tertiary/aromatic N) is 2. The fourth-order valence-electron chi connectivity index (χ4n) is 3.11. The van der Waals surface area contributed by atoms with Gasteiger partial charge in [-0.15, -0.1) is 0 Å². The molecule has 8 heteroatoms. The van der Waals surface area contributed by atoms with Crippen LogP contribution in [0, 0.1) is 0 Å². The largest absolute Gasteiger partial charge is 0.355 e. The minimum absolute atomic E-state index is 0.217. The van der Waals surface area contributed by atoms with Crippen LogP contribution in [0.3, 0.4) is 0 Å². The van der Waals surface area contributed by atoms with Gasteiger partial charge in [-0.3, -0.25) is 14.6 Å². The first-order valence-corrected chi connectivity index (χ1v) is 10.4. The average molecular weight is 451 g/mol. The fourth-order valence-corrected chi connectivity index (χ4v) is 3.11. The molecule has 0 unspecified atom stereocenters. The molecular weight excluding hydrogens is 428 g/mol. The highest BCUT2D eigenvalue weighted by molar-refractivity contribution is 6.04. The molecular formula is C26H22N6O2. The van der Waals surface area contributed by atoms with Gasteiger partial charge in [-0.2, -0.15) is 0 Å². The van der Waals surface area contributed by atoms with Gasteiger partial charge < -0.3 is 21.3 Å². The zero-order chi connectivity index (χ0) is 23.8. The molecule has 0 spiro atoms. The lowest BCUT2D eigenvalue weighted by Gasteiger charge is -2.11. The molecule has 0 atom stereocenters. The number of hydrogen-bond donors (Lipinski definition) is 4. The van der Waals surface area contributed by atoms with Crippen LogP contribution in [-0.4, -0.2) is 21.8 Å². The van der Waals surface area contributed by atoms with Crippen LogP contribution in [0.5, 0.6) is 0 Å². The first kappa shape index (κ1) is 22.2. The summed E-state index contributed by atoms with van der Waals surface area (Å²) in [6.45, 7) is 3.43. The van der Waals surface area contributed by atoms with E-state index in [-0.39, 0.29) is 11.8 Å². The number of carbonyl (C=O) groups is 2. The van der Waals surface area contributed by atoms with Gasteiger partial charge in [-0.1, -0.05) is 12.6 Å². The highest BCUT2D eigenvalue weighted by Gasteiger charge is 2.07. The minimum atomic E-state index is -0.337. The van der Waals surface area contributed by atoms with Gasteiger partial charge in [-0.05, 0) is 66.7 Å². The molecule has 0 radical (unpaired) electrons. The average Bonchev–Trinajstić information content (AvgIpc) is 2.85. The summed E-state index contributed by atoms with van der Waals surface area (Å²) in [5.74, 6) is -0.150. The van der Waals surface area contributed by atoms with Crippen molar-refractivity contribution in [3.63, 3.8) is 0 Å². The maximum Gasteiger partial charge on any atom is 0.255 e. The molecule has 0 aliphatic heterocycles. The van der Waals surface area contributed by atoms with Crippen LogP contribution in [0.2, 0.25) is 0 Å². The number of pyridine rings is 2. The molecule has 4 N–H and O–H groups in total. The molecule has 0 fully saturated rings. The monoisotopic (exact) mass is 450 g/mol. The van der Waals surface area contributed by atoms with E-state index in [0.29, 0.717) is 17.1 Å². The van der Waals surface area contributed by atoms with Crippen LogP contribution >= 0.6 is 0 Å². The van der Waals surface area contributed by atoms with E-state index in [0.717, 1.165) is 22.7 Å². The second-order valence-corrected chi connectivity index (χ2v) is 7.22. The van der Waals surface area contributed by atoms with Crippen LogP contribution in [0.25, 0.3) is 0 Å². The van der Waals surface area contributed by atoms with E-state index < -0.39 is 0 Å². The maximum absolute atomic E-state index is 12.7. The second-order valence-electron chi connectivity index (χ2n) is 7.22. The van der Waals surface area contributed by atoms with Gasteiger partial charge in [0.1, 0.15) is 5.82 Å². The smallest absolute Gasteiger partial charge is 0.255 e. The van der Waals surface area contributed by atoms with Crippen molar-refractivity contribution in [3.8, 4) is 0 Å². The standard InChI is InChI=1S/C26H22N6O2/c1-2-25(33)32-24-17-23(12-15-28-24)30-21-4-3-5-22(16-21)31-26(34)18-6-8-19(9-7-18)29-20-10-13-27-14-11-20/h2-17H,1H2,(H,27,29)(H,31,34)(H2,28,30,32,33). The molecule has 168 valence electrons. The van der Waals surface area contributed by atoms with Crippen molar-refractivity contribution >= 4 is 46.1 Å². The first-order chi connectivity index (χ1) is 16.6. The minimum Gasteiger partial charge on any atom is -0.355 e. The SMILES string of the molecule is C=CC(=O)Nc1cc(Nc2cccc(NC(=O)c3ccc(Nc4ccncc4)cc3)c2)ccn1. The Hall–Kier alpha value is -4.98. The molecule has 0 bridgehead atoms. The van der Waals surface area contributed by atoms with Crippen molar-refractivity contribution < 1.29 is 9.59 Å². The van der Waals surface area contributed by atoms with Crippen LogP contribution < -0.4 is 21.3 Å². The summed E-state index contributed by atoms with van der Waals surface area (Å²) >= 11 is 0. The van der Waals surface area contributed by atoms with Gasteiger partial charge >= 0.3 is 0 Å². The van der Waals surface area contributed by atoms with Crippen LogP contribution in [-0.2, 0) is 4.79 Å². The third-order valence-corrected chi connectivity index (χ3v) is 4.72. The summed E-state index contributed by atoms with van der Waals surface area (Å²) in [5, 5.41) is 12.0. The number of rotatable bonds is 8. The number of benzene rings is 2. The number of carbonyl (C=O) groups excluding carboxylic acids is 2. The Morgan fingerprint density at radius 3 is 2.12 bits per heavy atom. The molecule has 2 aromatic carbocycles. The summed E-state index contributed by atoms with van der Waals surface area (Å²) in [7, 11) is 0. The van der Waals surface area contributed by atoms with Gasteiger partial charge in [0.25, 0.3) is 5.91 Å². The zero-order valence-corrected chi connectivity index (χ0v) is 18.2. The molecule has 4 aromatic rings. The fraction of sp³-hybridized carbons (Fsp3) is 0. The van der Waals surface area contributed by atoms with Gasteiger partial charge in [0.15, 0.2) is 0 Å². The Balaban J connectivity index is 1.39. The lowest BCUT2D eigenvalue weighted by Crippen LogP contribution is -2.12. The van der Waals surface area contributed by atoms with E-state index >= 15 is 0 Å². The second kappa shape index (κ2) is 10.6. The quantitative estimate of drug-likeness (QED) is 0.270. The van der Waals surface area contributed by atoms with Crippen LogP contribution in [0.4, 0.5) is 34.3 Å². The van der Waals surface area contributed by atoms with Gasteiger partial charge in [0.2, 0.25) is 5.91 Å². The van der Waals surface area contributed by atoms with E-state index in [4.69, 9.17) is 0 Å². The normalized spacial score (nSPS) is 10.1. The summed E-state index contributed by atoms with van der Waals surface area (Å²) in [5.41, 5.74) is 4.46. The van der Waals surface area contributed by atoms with E-state index in [2.05, 4.69) is 37.8 Å². The Morgan fingerprint density at radius 2 is 1.35 bits per heavy atom. The molecule has 0 saturated heterocycles. The highest BCUT2D eigenvalue weighted by Crippen LogP contribution is 2.22. The summed E-state index contributed by atoms with van der Waals surface area (Å²) in [6, 6.07) is 21.8. The Labute approximate surface area is 196 Å². The number of hydrogen-bond acceptors (Lipinski definition) is 6. The number of anilines is 6. The molecule has 2 aromatic heterocycles. The Bertz CT molecular complexity index is 1310. The predicted molar refractivity (Wildman–Crippen MR) is 135 cm³/mol. The maximum atomic E-state index is 12.7. The van der Waals surface area contributed by atoms with Gasteiger partial charge in [0, 0.05) is 58.7 Å². The lowest BCUT2D eigenvalue weighted by atomic mass is 10.1. The van der Waals surface area contributed by atoms with Crippen molar-refractivity contribution in [2.24, 2.45) is 0 Å². The van der Waals surface area contributed by atoms with Crippen molar-refractivity contribution in [1.82, 2.24) is 9.97 Å². The molecule has 2 heterocycles. The molecule has 8 nitrogen and oxygen atoms in total. The Kier molecular flexibility index (Phi) is 6.90. The molecule has 34 heavy (non-hydrogen) atoms. The third-order valence-electron chi connectivity index (χ3n) is 4.72. The molecule has 0 saturated carbocycles. The van der Waals surface area contributed by atoms with E-state index in [9.17, 15) is 9.59 Å². The highest BCUT2D eigenvalue weighted by atomic mass is 16.2. The van der Waals surface area contributed by atoms with Gasteiger partial charge in [0.05, 0.1) is 0 Å². The summed E-state index contributed by atoms with van der Waals surface area (Å²) in [4.78, 5) is 32.3. The molecule has 2 amide bonds. The molecule has 4 rings (SSSR count). The third kappa shape index (κ3) is 6.04. The van der Waals surface area contributed by atoms with Crippen molar-refractivity contribution in [2.75, 3.05) is 21.3 Å². The first-order valence-electron chi connectivity index (χ1n) is 10.4. The number of nitrogens with one attached hydrogen (secondary N) is 4. The zero-order valence-electron chi connectivity index (χ0n) is 18.2. The van der Waals surface area contributed by atoms with Crippen molar-refractivity contribution in [3.05, 3.63) is 110 Å². The topological polar surface area (TPSA) is 108 Å². The van der Waals surface area contributed by atoms with Crippen LogP contribution in [0.15, 0.2) is 104 Å². The molecule has 0 aliphatic rings. The van der Waals surface area contributed by atoms with Crippen molar-refractivity contribution in [2.45, 2.75) is 0 Å². The van der Waals surface area contributed by atoms with Crippen molar-refractivity contribution in [1.29, 1.82) is 0 Å². The van der Waals surface area contributed by atoms with Gasteiger partial charge in [-0.25, -0.2) is 4.98 Å². The van der Waals surface area contributed by atoms with E-state index in [1.165, 1.54) is 6.08 Å². The van der Waals surface area contributed by atoms with E-state index in [1.807, 2.05) is 48.5 Å². The van der Waals surface area contributed by atoms with Crippen LogP contribution in [0.1, 0.15) is 10.4 Å². The number of aromatic nitrogens is 2. The lowest BCUT2D eigenvalue weighted by molar-refractivity contribution is -0.111. The predicted octanol–water partition coefficient (Wildman–Crippen LogP) is 5.34. The molecule has 0 aliphatic carbocycles. The number of amides is 2. The van der Waals surface area contributed by atoms with E-state index in [1.54, 1.807) is 42.9 Å². The summed E-state index contributed by atoms with van der Waals surface area (Å²) < 4.78 is 0. The Morgan fingerprint density at radius 1 is 0.706 bits per heavy atom.